The molecule has 2 unspecified atom stereocenters. The van der Waals surface area contributed by atoms with Gasteiger partial charge in [-0.05, 0) is 42.5 Å². The van der Waals surface area contributed by atoms with Crippen LogP contribution in [0.1, 0.15) is 38.3 Å². The summed E-state index contributed by atoms with van der Waals surface area (Å²) in [6.45, 7) is 3.75. The van der Waals surface area contributed by atoms with Crippen LogP contribution >= 0.6 is 0 Å². The minimum absolute atomic E-state index is 0.00516. The second-order valence-electron chi connectivity index (χ2n) is 11.0. The quantitative estimate of drug-likeness (QED) is 0.246. The summed E-state index contributed by atoms with van der Waals surface area (Å²) in [6, 6.07) is 10.2. The summed E-state index contributed by atoms with van der Waals surface area (Å²) < 4.78 is 10.1. The first-order chi connectivity index (χ1) is 21.4. The van der Waals surface area contributed by atoms with E-state index in [1.54, 1.807) is 42.5 Å². The Morgan fingerprint density at radius 1 is 0.733 bits per heavy atom. The molecule has 0 aromatic heterocycles. The maximum Gasteiger partial charge on any atom is 0.410 e. The third kappa shape index (κ3) is 11.5. The van der Waals surface area contributed by atoms with Crippen LogP contribution in [0, 0.1) is 5.92 Å². The first-order valence-corrected chi connectivity index (χ1v) is 14.5. The van der Waals surface area contributed by atoms with Gasteiger partial charge < -0.3 is 41.2 Å². The second kappa shape index (κ2) is 16.6. The molecule has 1 aliphatic heterocycles. The van der Waals surface area contributed by atoms with Crippen molar-refractivity contribution in [3.05, 3.63) is 65.7 Å². The highest BCUT2D eigenvalue weighted by molar-refractivity contribution is 5.94. The topological polar surface area (TPSA) is 201 Å². The SMILES string of the molecule is CC(C)CC1NC(=O)C(Cc2ccccc2)NC(=O)CNC(=O)[C@@H](C)NC(=O)[C@H](Cc2ccc(O)cc2)NC(=O)OCOC1=O. The lowest BCUT2D eigenvalue weighted by molar-refractivity contribution is -0.156. The molecule has 2 aromatic carbocycles. The lowest BCUT2D eigenvalue weighted by atomic mass is 10.0. The molecule has 14 heteroatoms. The predicted molar refractivity (Wildman–Crippen MR) is 160 cm³/mol. The van der Waals surface area contributed by atoms with Gasteiger partial charge in [0.05, 0.1) is 6.54 Å². The summed E-state index contributed by atoms with van der Waals surface area (Å²) >= 11 is 0. The number of carbonyl (C=O) groups is 6. The number of aromatic hydroxyl groups is 1. The smallest absolute Gasteiger partial charge is 0.410 e. The van der Waals surface area contributed by atoms with Gasteiger partial charge in [0, 0.05) is 12.8 Å². The molecule has 4 atom stereocenters. The van der Waals surface area contributed by atoms with Gasteiger partial charge in [-0.3, -0.25) is 19.2 Å². The maximum absolute atomic E-state index is 13.4. The van der Waals surface area contributed by atoms with E-state index in [9.17, 15) is 33.9 Å². The zero-order valence-corrected chi connectivity index (χ0v) is 25.3. The average molecular weight is 626 g/mol. The number of esters is 1. The zero-order chi connectivity index (χ0) is 32.9. The van der Waals surface area contributed by atoms with Crippen molar-refractivity contribution in [1.29, 1.82) is 0 Å². The molecule has 1 aliphatic rings. The van der Waals surface area contributed by atoms with Crippen molar-refractivity contribution in [2.45, 2.75) is 64.2 Å². The monoisotopic (exact) mass is 625 g/mol. The fourth-order valence-corrected chi connectivity index (χ4v) is 4.46. The molecule has 1 fully saturated rings. The van der Waals surface area contributed by atoms with Crippen LogP contribution < -0.4 is 26.6 Å². The summed E-state index contributed by atoms with van der Waals surface area (Å²) in [6.07, 6.45) is -0.846. The van der Waals surface area contributed by atoms with Crippen LogP contribution in [0.2, 0.25) is 0 Å². The molecule has 242 valence electrons. The van der Waals surface area contributed by atoms with Gasteiger partial charge >= 0.3 is 12.1 Å². The fourth-order valence-electron chi connectivity index (χ4n) is 4.46. The molecule has 0 aliphatic carbocycles. The molecule has 5 amide bonds. The van der Waals surface area contributed by atoms with Gasteiger partial charge in [-0.2, -0.15) is 0 Å². The van der Waals surface area contributed by atoms with Gasteiger partial charge in [0.15, 0.2) is 0 Å². The number of ether oxygens (including phenoxy) is 2. The van der Waals surface area contributed by atoms with Crippen LogP contribution in [0.25, 0.3) is 0 Å². The highest BCUT2D eigenvalue weighted by atomic mass is 16.7. The molecular weight excluding hydrogens is 586 g/mol. The Balaban J connectivity index is 1.84. The van der Waals surface area contributed by atoms with E-state index < -0.39 is 73.2 Å². The summed E-state index contributed by atoms with van der Waals surface area (Å²) in [5.74, 6) is -3.68. The van der Waals surface area contributed by atoms with E-state index in [0.29, 0.717) is 5.56 Å². The van der Waals surface area contributed by atoms with Crippen molar-refractivity contribution < 1.29 is 43.3 Å². The number of phenolic OH excluding ortho intramolecular Hbond substituents is 1. The zero-order valence-electron chi connectivity index (χ0n) is 25.3. The lowest BCUT2D eigenvalue weighted by Crippen LogP contribution is -2.55. The Kier molecular flexibility index (Phi) is 12.7. The normalized spacial score (nSPS) is 22.7. The number of amides is 5. The van der Waals surface area contributed by atoms with Crippen LogP contribution in [0.15, 0.2) is 54.6 Å². The molecule has 0 bridgehead atoms. The van der Waals surface area contributed by atoms with Crippen LogP contribution in [-0.2, 0) is 46.3 Å². The molecule has 0 saturated carbocycles. The van der Waals surface area contributed by atoms with E-state index in [4.69, 9.17) is 9.47 Å². The molecule has 45 heavy (non-hydrogen) atoms. The third-order valence-corrected chi connectivity index (χ3v) is 6.79. The first-order valence-electron chi connectivity index (χ1n) is 14.5. The van der Waals surface area contributed by atoms with Crippen LogP contribution in [-0.4, -0.2) is 78.3 Å². The average Bonchev–Trinajstić information content (AvgIpc) is 2.99. The molecule has 14 nitrogen and oxygen atoms in total. The molecule has 2 aromatic rings. The summed E-state index contributed by atoms with van der Waals surface area (Å²) in [7, 11) is 0. The van der Waals surface area contributed by atoms with E-state index in [1.807, 2.05) is 13.8 Å². The van der Waals surface area contributed by atoms with Crippen molar-refractivity contribution in [3.8, 4) is 5.75 Å². The fraction of sp³-hybridized carbons (Fsp3) is 0.419. The molecule has 6 N–H and O–H groups in total. The van der Waals surface area contributed by atoms with E-state index >= 15 is 0 Å². The number of phenols is 1. The van der Waals surface area contributed by atoms with E-state index in [2.05, 4.69) is 26.6 Å². The van der Waals surface area contributed by atoms with Crippen LogP contribution in [0.3, 0.4) is 0 Å². The number of rotatable bonds is 6. The van der Waals surface area contributed by atoms with Crippen molar-refractivity contribution in [1.82, 2.24) is 26.6 Å². The van der Waals surface area contributed by atoms with Gasteiger partial charge in [0.1, 0.15) is 29.9 Å². The first kappa shape index (κ1) is 34.4. The van der Waals surface area contributed by atoms with E-state index in [1.165, 1.54) is 19.1 Å². The molecule has 1 heterocycles. The van der Waals surface area contributed by atoms with Gasteiger partial charge in [0.2, 0.25) is 30.4 Å². The highest BCUT2D eigenvalue weighted by Gasteiger charge is 2.30. The summed E-state index contributed by atoms with van der Waals surface area (Å²) in [5.41, 5.74) is 1.31. The molecular formula is C31H39N5O9. The Labute approximate surface area is 260 Å². The van der Waals surface area contributed by atoms with Crippen LogP contribution in [0.4, 0.5) is 4.79 Å². The van der Waals surface area contributed by atoms with Crippen molar-refractivity contribution in [2.75, 3.05) is 13.3 Å². The van der Waals surface area contributed by atoms with Crippen molar-refractivity contribution >= 4 is 35.7 Å². The molecule has 0 radical (unpaired) electrons. The number of benzene rings is 2. The van der Waals surface area contributed by atoms with Crippen molar-refractivity contribution in [3.63, 3.8) is 0 Å². The number of hydrogen-bond donors (Lipinski definition) is 6. The van der Waals surface area contributed by atoms with Crippen LogP contribution in [0.5, 0.6) is 5.75 Å². The number of nitrogens with one attached hydrogen (secondary N) is 5. The van der Waals surface area contributed by atoms with E-state index in [-0.39, 0.29) is 30.9 Å². The van der Waals surface area contributed by atoms with Gasteiger partial charge in [-0.25, -0.2) is 9.59 Å². The van der Waals surface area contributed by atoms with E-state index in [0.717, 1.165) is 5.56 Å². The van der Waals surface area contributed by atoms with Gasteiger partial charge in [0.25, 0.3) is 0 Å². The maximum atomic E-state index is 13.4. The Bertz CT molecular complexity index is 1350. The minimum Gasteiger partial charge on any atom is -0.508 e. The van der Waals surface area contributed by atoms with Gasteiger partial charge in [-0.1, -0.05) is 56.3 Å². The Morgan fingerprint density at radius 2 is 1.33 bits per heavy atom. The molecule has 3 rings (SSSR count). The third-order valence-electron chi connectivity index (χ3n) is 6.79. The number of alkyl carbamates (subject to hydrolysis) is 1. The molecule has 1 saturated heterocycles. The standard InChI is InChI=1S/C31H39N5O9/c1-18(2)13-25-30(42)44-17-45-31(43)36-24(15-21-9-11-22(37)12-10-21)28(40)33-19(3)27(39)32-16-26(38)34-23(29(41)35-25)14-20-7-5-4-6-8-20/h4-12,18-19,23-25,37H,13-17H2,1-3H3,(H,32,39)(H,33,40)(H,34,38)(H,35,41)(H,36,43)/t19-,23?,24+,25?/m1/s1. The Hall–Kier alpha value is -5.14. The van der Waals surface area contributed by atoms with Gasteiger partial charge in [-0.15, -0.1) is 0 Å². The van der Waals surface area contributed by atoms with Crippen molar-refractivity contribution in [2.24, 2.45) is 5.92 Å². The number of cyclic esters (lactones) is 2. The number of hydrogen-bond acceptors (Lipinski definition) is 9. The number of carbonyl (C=O) groups excluding carboxylic acids is 6. The molecule has 0 spiro atoms. The summed E-state index contributed by atoms with van der Waals surface area (Å²) in [4.78, 5) is 77.7. The largest absolute Gasteiger partial charge is 0.508 e. The Morgan fingerprint density at radius 3 is 1.98 bits per heavy atom. The summed E-state index contributed by atoms with van der Waals surface area (Å²) in [5, 5.41) is 22.1. The highest BCUT2D eigenvalue weighted by Crippen LogP contribution is 2.12. The second-order valence-corrected chi connectivity index (χ2v) is 11.0. The predicted octanol–water partition coefficient (Wildman–Crippen LogP) is 0.423. The lowest BCUT2D eigenvalue weighted by Gasteiger charge is -2.24. The minimum atomic E-state index is -1.23.